The summed E-state index contributed by atoms with van der Waals surface area (Å²) in [6, 6.07) is 9.30. The van der Waals surface area contributed by atoms with E-state index in [0.717, 1.165) is 5.56 Å². The summed E-state index contributed by atoms with van der Waals surface area (Å²) < 4.78 is 5.15. The molecule has 5 nitrogen and oxygen atoms in total. The SMILES string of the molecule is CCN(CCO)C(=O)NC(COC)c1ccccc1. The zero-order chi connectivity index (χ0) is 14.1. The van der Waals surface area contributed by atoms with Crippen LogP contribution in [0.5, 0.6) is 0 Å². The normalized spacial score (nSPS) is 11.9. The van der Waals surface area contributed by atoms with Gasteiger partial charge in [-0.05, 0) is 12.5 Å². The third-order valence-corrected chi connectivity index (χ3v) is 2.87. The number of urea groups is 1. The molecular weight excluding hydrogens is 244 g/mol. The molecule has 0 aliphatic rings. The molecule has 0 heterocycles. The Kier molecular flexibility index (Phi) is 6.92. The molecule has 1 rings (SSSR count). The van der Waals surface area contributed by atoms with Crippen molar-refractivity contribution in [1.29, 1.82) is 0 Å². The molecule has 0 saturated carbocycles. The molecule has 106 valence electrons. The minimum Gasteiger partial charge on any atom is -0.395 e. The number of carbonyl (C=O) groups excluding carboxylic acids is 1. The summed E-state index contributed by atoms with van der Waals surface area (Å²) >= 11 is 0. The first kappa shape index (κ1) is 15.5. The van der Waals surface area contributed by atoms with Gasteiger partial charge in [0.2, 0.25) is 0 Å². The molecule has 0 aliphatic heterocycles. The van der Waals surface area contributed by atoms with Crippen LogP contribution in [0, 0.1) is 0 Å². The highest BCUT2D eigenvalue weighted by Crippen LogP contribution is 2.13. The van der Waals surface area contributed by atoms with Gasteiger partial charge in [-0.1, -0.05) is 30.3 Å². The second-order valence-electron chi connectivity index (χ2n) is 4.17. The Balaban J connectivity index is 2.70. The molecule has 1 aromatic rings. The van der Waals surface area contributed by atoms with Crippen molar-refractivity contribution < 1.29 is 14.6 Å². The Bertz CT molecular complexity index is 370. The first-order chi connectivity index (χ1) is 9.22. The molecule has 19 heavy (non-hydrogen) atoms. The molecule has 0 spiro atoms. The smallest absolute Gasteiger partial charge is 0.318 e. The van der Waals surface area contributed by atoms with Gasteiger partial charge in [0.15, 0.2) is 0 Å². The number of methoxy groups -OCH3 is 1. The summed E-state index contributed by atoms with van der Waals surface area (Å²) in [7, 11) is 1.60. The average Bonchev–Trinajstić information content (AvgIpc) is 2.45. The van der Waals surface area contributed by atoms with Crippen molar-refractivity contribution in [2.24, 2.45) is 0 Å². The van der Waals surface area contributed by atoms with Gasteiger partial charge >= 0.3 is 6.03 Å². The van der Waals surface area contributed by atoms with Crippen LogP contribution < -0.4 is 5.32 Å². The third-order valence-electron chi connectivity index (χ3n) is 2.87. The van der Waals surface area contributed by atoms with Crippen LogP contribution in [-0.4, -0.2) is 49.5 Å². The lowest BCUT2D eigenvalue weighted by atomic mass is 10.1. The predicted molar refractivity (Wildman–Crippen MR) is 73.9 cm³/mol. The van der Waals surface area contributed by atoms with Crippen LogP contribution in [0.1, 0.15) is 18.5 Å². The monoisotopic (exact) mass is 266 g/mol. The summed E-state index contributed by atoms with van der Waals surface area (Å²) in [6.45, 7) is 3.13. The number of ether oxygens (including phenoxy) is 1. The molecule has 0 fully saturated rings. The van der Waals surface area contributed by atoms with E-state index in [1.54, 1.807) is 12.0 Å². The second kappa shape index (κ2) is 8.50. The summed E-state index contributed by atoms with van der Waals surface area (Å²) in [5.74, 6) is 0. The zero-order valence-corrected chi connectivity index (χ0v) is 11.5. The van der Waals surface area contributed by atoms with Crippen molar-refractivity contribution in [3.63, 3.8) is 0 Å². The van der Waals surface area contributed by atoms with E-state index in [2.05, 4.69) is 5.32 Å². The molecule has 0 aromatic heterocycles. The van der Waals surface area contributed by atoms with Gasteiger partial charge in [-0.25, -0.2) is 4.79 Å². The fourth-order valence-electron chi connectivity index (χ4n) is 1.84. The maximum absolute atomic E-state index is 12.1. The highest BCUT2D eigenvalue weighted by molar-refractivity contribution is 5.74. The van der Waals surface area contributed by atoms with E-state index in [1.165, 1.54) is 0 Å². The van der Waals surface area contributed by atoms with Gasteiger partial charge in [-0.2, -0.15) is 0 Å². The first-order valence-electron chi connectivity index (χ1n) is 6.43. The van der Waals surface area contributed by atoms with Crippen molar-refractivity contribution in [3.8, 4) is 0 Å². The summed E-state index contributed by atoms with van der Waals surface area (Å²) in [4.78, 5) is 13.6. The maximum atomic E-state index is 12.1. The van der Waals surface area contributed by atoms with Gasteiger partial charge in [-0.15, -0.1) is 0 Å². The zero-order valence-electron chi connectivity index (χ0n) is 11.5. The minimum absolute atomic E-state index is 0.0401. The van der Waals surface area contributed by atoms with E-state index in [1.807, 2.05) is 37.3 Å². The average molecular weight is 266 g/mol. The maximum Gasteiger partial charge on any atom is 0.318 e. The number of hydrogen-bond acceptors (Lipinski definition) is 3. The Morgan fingerprint density at radius 3 is 2.63 bits per heavy atom. The van der Waals surface area contributed by atoms with E-state index in [-0.39, 0.29) is 18.7 Å². The fraction of sp³-hybridized carbons (Fsp3) is 0.500. The molecule has 5 heteroatoms. The molecular formula is C14H22N2O3. The number of carbonyl (C=O) groups is 1. The highest BCUT2D eigenvalue weighted by atomic mass is 16.5. The lowest BCUT2D eigenvalue weighted by molar-refractivity contribution is 0.150. The lowest BCUT2D eigenvalue weighted by Crippen LogP contribution is -2.43. The Morgan fingerprint density at radius 1 is 1.42 bits per heavy atom. The number of nitrogens with one attached hydrogen (secondary N) is 1. The summed E-state index contributed by atoms with van der Waals surface area (Å²) in [6.07, 6.45) is 0. The summed E-state index contributed by atoms with van der Waals surface area (Å²) in [5.41, 5.74) is 0.998. The number of nitrogens with zero attached hydrogens (tertiary/aromatic N) is 1. The van der Waals surface area contributed by atoms with Crippen molar-refractivity contribution in [2.45, 2.75) is 13.0 Å². The van der Waals surface area contributed by atoms with Crippen LogP contribution in [0.25, 0.3) is 0 Å². The highest BCUT2D eigenvalue weighted by Gasteiger charge is 2.17. The van der Waals surface area contributed by atoms with Crippen LogP contribution in [0.4, 0.5) is 4.79 Å². The standard InChI is InChI=1S/C14H22N2O3/c1-3-16(9-10-17)14(18)15-13(11-19-2)12-7-5-4-6-8-12/h4-8,13,17H,3,9-11H2,1-2H3,(H,15,18). The third kappa shape index (κ3) is 4.89. The van der Waals surface area contributed by atoms with Gasteiger partial charge in [-0.3, -0.25) is 0 Å². The molecule has 1 atom stereocenters. The molecule has 0 aliphatic carbocycles. The van der Waals surface area contributed by atoms with Crippen LogP contribution in [0.2, 0.25) is 0 Å². The number of aliphatic hydroxyl groups is 1. The van der Waals surface area contributed by atoms with E-state index in [4.69, 9.17) is 9.84 Å². The van der Waals surface area contributed by atoms with Crippen LogP contribution >= 0.6 is 0 Å². The van der Waals surface area contributed by atoms with Crippen molar-refractivity contribution in [1.82, 2.24) is 10.2 Å². The van der Waals surface area contributed by atoms with Gasteiger partial charge in [0.05, 0.1) is 19.3 Å². The molecule has 2 N–H and O–H groups in total. The van der Waals surface area contributed by atoms with Crippen molar-refractivity contribution in [2.75, 3.05) is 33.4 Å². The minimum atomic E-state index is -0.192. The fourth-order valence-corrected chi connectivity index (χ4v) is 1.84. The van der Waals surface area contributed by atoms with Crippen LogP contribution in [-0.2, 0) is 4.74 Å². The van der Waals surface area contributed by atoms with Crippen molar-refractivity contribution in [3.05, 3.63) is 35.9 Å². The number of rotatable bonds is 7. The van der Waals surface area contributed by atoms with E-state index in [0.29, 0.717) is 19.7 Å². The number of hydrogen-bond donors (Lipinski definition) is 2. The number of aliphatic hydroxyl groups excluding tert-OH is 1. The number of amides is 2. The van der Waals surface area contributed by atoms with Crippen LogP contribution in [0.15, 0.2) is 30.3 Å². The topological polar surface area (TPSA) is 61.8 Å². The number of likely N-dealkylation sites (N-methyl/N-ethyl adjacent to an activating group) is 1. The van der Waals surface area contributed by atoms with Gasteiger partial charge in [0.1, 0.15) is 0 Å². The van der Waals surface area contributed by atoms with E-state index < -0.39 is 0 Å². The molecule has 0 bridgehead atoms. The molecule has 1 unspecified atom stereocenters. The van der Waals surface area contributed by atoms with Gasteiger partial charge in [0, 0.05) is 20.2 Å². The largest absolute Gasteiger partial charge is 0.395 e. The van der Waals surface area contributed by atoms with Gasteiger partial charge < -0.3 is 20.1 Å². The predicted octanol–water partition coefficient (Wildman–Crippen LogP) is 1.40. The Hall–Kier alpha value is -1.59. The molecule has 1 aromatic carbocycles. The van der Waals surface area contributed by atoms with Crippen LogP contribution in [0.3, 0.4) is 0 Å². The second-order valence-corrected chi connectivity index (χ2v) is 4.17. The first-order valence-corrected chi connectivity index (χ1v) is 6.43. The summed E-state index contributed by atoms with van der Waals surface area (Å²) in [5, 5.41) is 11.8. The lowest BCUT2D eigenvalue weighted by Gasteiger charge is -2.25. The van der Waals surface area contributed by atoms with E-state index in [9.17, 15) is 4.79 Å². The Morgan fingerprint density at radius 2 is 2.11 bits per heavy atom. The molecule has 0 saturated heterocycles. The number of benzene rings is 1. The quantitative estimate of drug-likeness (QED) is 0.784. The Labute approximate surface area is 114 Å². The van der Waals surface area contributed by atoms with Crippen molar-refractivity contribution >= 4 is 6.03 Å². The van der Waals surface area contributed by atoms with Gasteiger partial charge in [0.25, 0.3) is 0 Å². The molecule has 0 radical (unpaired) electrons. The molecule has 2 amide bonds. The van der Waals surface area contributed by atoms with E-state index >= 15 is 0 Å².